The van der Waals surface area contributed by atoms with Gasteiger partial charge in [0.2, 0.25) is 0 Å². The summed E-state index contributed by atoms with van der Waals surface area (Å²) in [4.78, 5) is 0. The first-order valence-electron chi connectivity index (χ1n) is 6.97. The third kappa shape index (κ3) is 5.19. The fourth-order valence-corrected chi connectivity index (χ4v) is 3.13. The molecule has 0 amide bonds. The number of nitrogens with one attached hydrogen (secondary N) is 1. The third-order valence-electron chi connectivity index (χ3n) is 3.38. The van der Waals surface area contributed by atoms with Crippen molar-refractivity contribution in [3.8, 4) is 0 Å². The molecule has 1 aliphatic heterocycles. The maximum absolute atomic E-state index is 10.7. The molecule has 6 nitrogen and oxygen atoms in total. The van der Waals surface area contributed by atoms with Gasteiger partial charge in [-0.3, -0.25) is 4.55 Å². The summed E-state index contributed by atoms with van der Waals surface area (Å²) in [6, 6.07) is 7.49. The minimum Gasteiger partial charge on any atom is -0.345 e. The van der Waals surface area contributed by atoms with Gasteiger partial charge in [0.1, 0.15) is 0 Å². The lowest BCUT2D eigenvalue weighted by atomic mass is 10.0. The van der Waals surface area contributed by atoms with Gasteiger partial charge in [-0.1, -0.05) is 29.8 Å². The van der Waals surface area contributed by atoms with E-state index in [1.807, 2.05) is 42.8 Å². The highest BCUT2D eigenvalue weighted by atomic mass is 35.5. The van der Waals surface area contributed by atoms with E-state index in [1.165, 1.54) is 0 Å². The van der Waals surface area contributed by atoms with Crippen LogP contribution in [0.25, 0.3) is 0 Å². The highest BCUT2D eigenvalue weighted by Crippen LogP contribution is 2.32. The topological polar surface area (TPSA) is 84.9 Å². The number of halogens is 1. The van der Waals surface area contributed by atoms with E-state index >= 15 is 0 Å². The van der Waals surface area contributed by atoms with Crippen molar-refractivity contribution >= 4 is 21.9 Å². The Hall–Kier alpha value is -0.700. The van der Waals surface area contributed by atoms with Crippen LogP contribution < -0.4 is 4.72 Å². The zero-order chi connectivity index (χ0) is 16.4. The molecule has 2 N–H and O–H groups in total. The molecular formula is C14H20ClNO5S. The van der Waals surface area contributed by atoms with Gasteiger partial charge in [0.15, 0.2) is 5.79 Å². The minimum atomic E-state index is -4.20. The highest BCUT2D eigenvalue weighted by molar-refractivity contribution is 7.83. The molecule has 1 aromatic carbocycles. The lowest BCUT2D eigenvalue weighted by molar-refractivity contribution is -0.146. The van der Waals surface area contributed by atoms with Crippen LogP contribution in [0.4, 0.5) is 0 Å². The number of benzene rings is 1. The Bertz CT molecular complexity index is 619. The molecule has 1 fully saturated rings. The minimum absolute atomic E-state index is 0.0714. The normalized spacial score (nSPS) is 24.5. The summed E-state index contributed by atoms with van der Waals surface area (Å²) in [6.45, 7) is 3.69. The molecule has 0 aromatic heterocycles. The number of rotatable bonds is 6. The molecule has 0 bridgehead atoms. The van der Waals surface area contributed by atoms with Crippen molar-refractivity contribution in [1.82, 2.24) is 4.72 Å². The van der Waals surface area contributed by atoms with Gasteiger partial charge < -0.3 is 9.47 Å². The van der Waals surface area contributed by atoms with Gasteiger partial charge in [0, 0.05) is 18.0 Å². The largest absolute Gasteiger partial charge is 0.345 e. The predicted octanol–water partition coefficient (Wildman–Crippen LogP) is 2.19. The van der Waals surface area contributed by atoms with Crippen molar-refractivity contribution in [2.75, 3.05) is 6.54 Å². The summed E-state index contributed by atoms with van der Waals surface area (Å²) in [7, 11) is -4.20. The van der Waals surface area contributed by atoms with E-state index in [0.717, 1.165) is 5.56 Å². The fourth-order valence-electron chi connectivity index (χ4n) is 2.54. The van der Waals surface area contributed by atoms with Crippen molar-refractivity contribution in [1.29, 1.82) is 0 Å². The highest BCUT2D eigenvalue weighted by Gasteiger charge is 2.41. The molecule has 2 rings (SSSR count). The summed E-state index contributed by atoms with van der Waals surface area (Å²) in [5.74, 6) is -0.741. The standard InChI is InChI=1S/C14H20ClNO5S/c1-14(2)20-12(7-8-16-22(17,18)19)13(21-14)9-10-5-3-4-6-11(10)15/h3-6,12-13,16H,7-9H2,1-2H3,(H,17,18,19). The monoisotopic (exact) mass is 349 g/mol. The van der Waals surface area contributed by atoms with Gasteiger partial charge in [-0.2, -0.15) is 13.1 Å². The van der Waals surface area contributed by atoms with Crippen LogP contribution in [0.3, 0.4) is 0 Å². The first-order chi connectivity index (χ1) is 10.2. The Morgan fingerprint density at radius 3 is 2.55 bits per heavy atom. The molecule has 1 saturated heterocycles. The zero-order valence-electron chi connectivity index (χ0n) is 12.5. The van der Waals surface area contributed by atoms with Crippen LogP contribution in [0, 0.1) is 0 Å². The summed E-state index contributed by atoms with van der Waals surface area (Å²) in [5.41, 5.74) is 0.947. The van der Waals surface area contributed by atoms with Gasteiger partial charge in [-0.25, -0.2) is 0 Å². The first kappa shape index (κ1) is 17.7. The molecule has 1 heterocycles. The molecule has 2 atom stereocenters. The molecule has 22 heavy (non-hydrogen) atoms. The van der Waals surface area contributed by atoms with Crippen molar-refractivity contribution in [2.24, 2.45) is 0 Å². The van der Waals surface area contributed by atoms with Gasteiger partial charge in [-0.15, -0.1) is 0 Å². The molecule has 124 valence electrons. The van der Waals surface area contributed by atoms with Crippen LogP contribution in [0.15, 0.2) is 24.3 Å². The molecule has 1 aliphatic rings. The van der Waals surface area contributed by atoms with Gasteiger partial charge >= 0.3 is 10.3 Å². The van der Waals surface area contributed by atoms with Crippen molar-refractivity contribution in [2.45, 2.75) is 44.7 Å². The molecule has 0 aliphatic carbocycles. The first-order valence-corrected chi connectivity index (χ1v) is 8.79. The number of ether oxygens (including phenoxy) is 2. The second kappa shape index (κ2) is 6.82. The molecule has 0 saturated carbocycles. The molecule has 1 aromatic rings. The second-order valence-corrected chi connectivity index (χ2v) is 7.31. The summed E-state index contributed by atoms with van der Waals surface area (Å²) >= 11 is 6.16. The van der Waals surface area contributed by atoms with Crippen LogP contribution in [-0.2, 0) is 26.2 Å². The lowest BCUT2D eigenvalue weighted by Crippen LogP contribution is -2.31. The maximum atomic E-state index is 10.7. The predicted molar refractivity (Wildman–Crippen MR) is 83.1 cm³/mol. The van der Waals surface area contributed by atoms with Gasteiger partial charge in [0.25, 0.3) is 0 Å². The quantitative estimate of drug-likeness (QED) is 0.769. The molecule has 2 unspecified atom stereocenters. The van der Waals surface area contributed by atoms with Crippen molar-refractivity contribution in [3.63, 3.8) is 0 Å². The average Bonchev–Trinajstić information content (AvgIpc) is 2.65. The number of hydrogen-bond acceptors (Lipinski definition) is 4. The molecular weight excluding hydrogens is 330 g/mol. The Morgan fingerprint density at radius 2 is 1.91 bits per heavy atom. The van der Waals surface area contributed by atoms with E-state index in [0.29, 0.717) is 17.9 Å². The Morgan fingerprint density at radius 1 is 1.27 bits per heavy atom. The van der Waals surface area contributed by atoms with E-state index in [-0.39, 0.29) is 18.8 Å². The fraction of sp³-hybridized carbons (Fsp3) is 0.571. The van der Waals surface area contributed by atoms with E-state index in [9.17, 15) is 8.42 Å². The van der Waals surface area contributed by atoms with Crippen molar-refractivity contribution in [3.05, 3.63) is 34.9 Å². The zero-order valence-corrected chi connectivity index (χ0v) is 14.0. The van der Waals surface area contributed by atoms with E-state index < -0.39 is 16.1 Å². The Kier molecular flexibility index (Phi) is 5.47. The van der Waals surface area contributed by atoms with Crippen molar-refractivity contribution < 1.29 is 22.4 Å². The summed E-state index contributed by atoms with van der Waals surface area (Å²) < 4.78 is 43.8. The molecule has 8 heteroatoms. The number of hydrogen-bond donors (Lipinski definition) is 2. The summed E-state index contributed by atoms with van der Waals surface area (Å²) in [5, 5.41) is 0.658. The average molecular weight is 350 g/mol. The van der Waals surface area contributed by atoms with E-state index in [2.05, 4.69) is 0 Å². The van der Waals surface area contributed by atoms with Crippen LogP contribution in [-0.4, -0.2) is 37.5 Å². The SMILES string of the molecule is CC1(C)OC(CCNS(=O)(=O)O)C(Cc2ccccc2Cl)O1. The van der Waals surface area contributed by atoms with Crippen LogP contribution in [0.5, 0.6) is 0 Å². The Labute approximate surface area is 135 Å². The van der Waals surface area contributed by atoms with Crippen LogP contribution >= 0.6 is 11.6 Å². The van der Waals surface area contributed by atoms with Crippen LogP contribution in [0.2, 0.25) is 5.02 Å². The van der Waals surface area contributed by atoms with Crippen LogP contribution in [0.1, 0.15) is 25.8 Å². The second-order valence-electron chi connectivity index (χ2n) is 5.67. The smallest absolute Gasteiger partial charge is 0.333 e. The maximum Gasteiger partial charge on any atom is 0.333 e. The molecule has 0 radical (unpaired) electrons. The Balaban J connectivity index is 2.02. The van der Waals surface area contributed by atoms with E-state index in [1.54, 1.807) is 0 Å². The third-order valence-corrected chi connectivity index (χ3v) is 4.31. The summed E-state index contributed by atoms with van der Waals surface area (Å²) in [6.07, 6.45) is 0.427. The van der Waals surface area contributed by atoms with Gasteiger partial charge in [0.05, 0.1) is 12.2 Å². The van der Waals surface area contributed by atoms with E-state index in [4.69, 9.17) is 25.6 Å². The molecule has 0 spiro atoms. The lowest BCUT2D eigenvalue weighted by Gasteiger charge is -2.17. The van der Waals surface area contributed by atoms with Gasteiger partial charge in [-0.05, 0) is 31.9 Å².